The van der Waals surface area contributed by atoms with E-state index in [1.165, 1.54) is 12.1 Å². The zero-order chi connectivity index (χ0) is 20.2. The van der Waals surface area contributed by atoms with Crippen LogP contribution in [0.15, 0.2) is 24.3 Å². The number of halogens is 3. The smallest absolute Gasteiger partial charge is 0.462 e. The number of alkyl halides is 3. The summed E-state index contributed by atoms with van der Waals surface area (Å²) in [6.07, 6.45) is -4.90. The lowest BCUT2D eigenvalue weighted by Crippen LogP contribution is -2.66. The molecular formula is C16H18F3N2O5S+. The topological polar surface area (TPSA) is 101 Å². The summed E-state index contributed by atoms with van der Waals surface area (Å²) >= 11 is 1.12. The molecule has 11 heteroatoms. The highest BCUT2D eigenvalue weighted by Crippen LogP contribution is 2.31. The van der Waals surface area contributed by atoms with Crippen LogP contribution in [0.25, 0.3) is 0 Å². The van der Waals surface area contributed by atoms with Crippen molar-refractivity contribution in [3.05, 3.63) is 24.3 Å². The Balaban J connectivity index is 2.00. The molecule has 1 aliphatic heterocycles. The third kappa shape index (κ3) is 5.60. The van der Waals surface area contributed by atoms with Gasteiger partial charge in [-0.2, -0.15) is 0 Å². The Morgan fingerprint density at radius 1 is 1.33 bits per heavy atom. The van der Waals surface area contributed by atoms with Crippen LogP contribution in [0, 0.1) is 0 Å². The largest absolute Gasteiger partial charge is 0.573 e. The number of amides is 2. The predicted molar refractivity (Wildman–Crippen MR) is 89.8 cm³/mol. The first-order valence-electron chi connectivity index (χ1n) is 7.96. The number of carbonyl (C=O) groups excluding carboxylic acids is 3. The molecular weight excluding hydrogens is 389 g/mol. The first-order chi connectivity index (χ1) is 12.6. The summed E-state index contributed by atoms with van der Waals surface area (Å²) in [7, 11) is 0. The number of benzene rings is 1. The molecule has 1 aromatic rings. The molecule has 0 saturated carbocycles. The van der Waals surface area contributed by atoms with Crippen molar-refractivity contribution < 1.29 is 42.8 Å². The Hall–Kier alpha value is -2.27. The number of hydrogen-bond acceptors (Lipinski definition) is 6. The van der Waals surface area contributed by atoms with Crippen LogP contribution < -0.4 is 15.4 Å². The van der Waals surface area contributed by atoms with Crippen molar-refractivity contribution in [2.75, 3.05) is 17.3 Å². The van der Waals surface area contributed by atoms with Crippen molar-refractivity contribution >= 4 is 35.2 Å². The fraction of sp³-hybridized carbons (Fsp3) is 0.438. The highest BCUT2D eigenvalue weighted by atomic mass is 32.2. The predicted octanol–water partition coefficient (Wildman–Crippen LogP) is 1.12. The molecule has 2 rings (SSSR count). The van der Waals surface area contributed by atoms with Gasteiger partial charge < -0.3 is 15.2 Å². The summed E-state index contributed by atoms with van der Waals surface area (Å²) in [4.78, 5) is 37.1. The van der Waals surface area contributed by atoms with Gasteiger partial charge in [0.2, 0.25) is 11.8 Å². The van der Waals surface area contributed by atoms with Crippen LogP contribution in [-0.2, 0) is 19.1 Å². The van der Waals surface area contributed by atoms with Crippen LogP contribution in [0.2, 0.25) is 0 Å². The average Bonchev–Trinajstić information content (AvgIpc) is 2.86. The molecule has 1 fully saturated rings. The number of hydrogen-bond donors (Lipinski definition) is 1. The average molecular weight is 407 g/mol. The monoisotopic (exact) mass is 407 g/mol. The molecule has 1 aromatic carbocycles. The van der Waals surface area contributed by atoms with E-state index in [0.29, 0.717) is 0 Å². The minimum atomic E-state index is -4.83. The maximum Gasteiger partial charge on any atom is 0.573 e. The SMILES string of the molecule is CCOC(=O)[C@@H]([NH3+])CS[C@H]1CC(=O)N(c2ccc(OC(F)(F)F)cc2)C1=O. The maximum absolute atomic E-state index is 12.5. The first kappa shape index (κ1) is 21.0. The van der Waals surface area contributed by atoms with Crippen LogP contribution >= 0.6 is 11.8 Å². The van der Waals surface area contributed by atoms with Crippen LogP contribution in [0.4, 0.5) is 18.9 Å². The summed E-state index contributed by atoms with van der Waals surface area (Å²) in [5.74, 6) is -1.71. The molecule has 7 nitrogen and oxygen atoms in total. The van der Waals surface area contributed by atoms with Crippen molar-refractivity contribution in [1.82, 2.24) is 0 Å². The Morgan fingerprint density at radius 3 is 2.52 bits per heavy atom. The summed E-state index contributed by atoms with van der Waals surface area (Å²) in [5.41, 5.74) is 3.82. The van der Waals surface area contributed by atoms with E-state index < -0.39 is 41.2 Å². The van der Waals surface area contributed by atoms with Crippen LogP contribution in [0.3, 0.4) is 0 Å². The van der Waals surface area contributed by atoms with Gasteiger partial charge in [-0.15, -0.1) is 24.9 Å². The minimum Gasteiger partial charge on any atom is -0.462 e. The van der Waals surface area contributed by atoms with E-state index in [-0.39, 0.29) is 24.5 Å². The standard InChI is InChI=1S/C16H17F3N2O5S/c1-2-25-15(24)11(20)8-27-12-7-13(22)21(14(12)23)9-3-5-10(6-4-9)26-16(17,18)19/h3-6,11-12H,2,7-8,20H2,1H3/p+1/t11-,12-/m0/s1. The van der Waals surface area contributed by atoms with Gasteiger partial charge >= 0.3 is 12.3 Å². The van der Waals surface area contributed by atoms with Gasteiger partial charge in [-0.1, -0.05) is 0 Å². The number of carbonyl (C=O) groups is 3. The molecule has 0 spiro atoms. The second-order valence-electron chi connectivity index (χ2n) is 5.58. The molecule has 27 heavy (non-hydrogen) atoms. The van der Waals surface area contributed by atoms with E-state index in [0.717, 1.165) is 28.8 Å². The van der Waals surface area contributed by atoms with E-state index >= 15 is 0 Å². The van der Waals surface area contributed by atoms with Crippen molar-refractivity contribution in [2.24, 2.45) is 0 Å². The zero-order valence-corrected chi connectivity index (χ0v) is 15.1. The molecule has 1 heterocycles. The number of thioether (sulfide) groups is 1. The van der Waals surface area contributed by atoms with Crippen molar-refractivity contribution in [3.63, 3.8) is 0 Å². The van der Waals surface area contributed by atoms with Gasteiger partial charge in [0.15, 0.2) is 6.04 Å². The molecule has 2 atom stereocenters. The third-order valence-electron chi connectivity index (χ3n) is 3.55. The van der Waals surface area contributed by atoms with Gasteiger partial charge in [0.25, 0.3) is 0 Å². The Kier molecular flexibility index (Phi) is 6.71. The molecule has 148 valence electrons. The number of rotatable bonds is 7. The minimum absolute atomic E-state index is 0.0696. The van der Waals surface area contributed by atoms with Crippen molar-refractivity contribution in [2.45, 2.75) is 31.0 Å². The van der Waals surface area contributed by atoms with E-state index in [2.05, 4.69) is 10.5 Å². The fourth-order valence-corrected chi connectivity index (χ4v) is 3.47. The van der Waals surface area contributed by atoms with Crippen molar-refractivity contribution in [1.29, 1.82) is 0 Å². The Labute approximate surface area is 157 Å². The van der Waals surface area contributed by atoms with Crippen LogP contribution in [0.1, 0.15) is 13.3 Å². The fourth-order valence-electron chi connectivity index (χ4n) is 2.36. The normalized spacial score (nSPS) is 18.6. The number of imide groups is 1. The maximum atomic E-state index is 12.5. The lowest BCUT2D eigenvalue weighted by molar-refractivity contribution is -0.401. The van der Waals surface area contributed by atoms with E-state index in [4.69, 9.17) is 4.74 Å². The number of nitrogens with zero attached hydrogens (tertiary/aromatic N) is 1. The Morgan fingerprint density at radius 2 is 1.96 bits per heavy atom. The lowest BCUT2D eigenvalue weighted by atomic mass is 10.3. The van der Waals surface area contributed by atoms with Gasteiger partial charge in [0, 0.05) is 6.42 Å². The zero-order valence-electron chi connectivity index (χ0n) is 14.3. The number of quaternary nitrogens is 1. The third-order valence-corrected chi connectivity index (χ3v) is 4.92. The van der Waals surface area contributed by atoms with Gasteiger partial charge in [-0.05, 0) is 31.2 Å². The van der Waals surface area contributed by atoms with Crippen LogP contribution in [0.5, 0.6) is 5.75 Å². The summed E-state index contributed by atoms with van der Waals surface area (Å²) < 4.78 is 45.2. The van der Waals surface area contributed by atoms with E-state index in [1.54, 1.807) is 6.92 Å². The molecule has 0 radical (unpaired) electrons. The second-order valence-corrected chi connectivity index (χ2v) is 6.82. The van der Waals surface area contributed by atoms with E-state index in [1.807, 2.05) is 0 Å². The molecule has 0 bridgehead atoms. The molecule has 0 aromatic heterocycles. The molecule has 0 aliphatic carbocycles. The summed E-state index contributed by atoms with van der Waals surface area (Å²) in [6, 6.07) is 3.78. The van der Waals surface area contributed by atoms with Crippen LogP contribution in [-0.4, -0.2) is 47.8 Å². The number of anilines is 1. The van der Waals surface area contributed by atoms with Crippen molar-refractivity contribution in [3.8, 4) is 5.75 Å². The molecule has 2 amide bonds. The molecule has 1 saturated heterocycles. The summed E-state index contributed by atoms with van der Waals surface area (Å²) in [6.45, 7) is 1.89. The summed E-state index contributed by atoms with van der Waals surface area (Å²) in [5, 5.41) is -0.692. The van der Waals surface area contributed by atoms with Gasteiger partial charge in [0.1, 0.15) is 5.75 Å². The second kappa shape index (κ2) is 8.61. The quantitative estimate of drug-likeness (QED) is 0.537. The Bertz CT molecular complexity index is 711. The van der Waals surface area contributed by atoms with Gasteiger partial charge in [-0.3, -0.25) is 9.59 Å². The molecule has 3 N–H and O–H groups in total. The highest BCUT2D eigenvalue weighted by molar-refractivity contribution is 8.00. The number of esters is 1. The molecule has 1 aliphatic rings. The van der Waals surface area contributed by atoms with Gasteiger partial charge in [0.05, 0.1) is 23.3 Å². The van der Waals surface area contributed by atoms with E-state index in [9.17, 15) is 27.6 Å². The molecule has 0 unspecified atom stereocenters. The van der Waals surface area contributed by atoms with Gasteiger partial charge in [-0.25, -0.2) is 9.69 Å². The first-order valence-corrected chi connectivity index (χ1v) is 9.01. The number of ether oxygens (including phenoxy) is 2. The lowest BCUT2D eigenvalue weighted by Gasteiger charge is -2.16. The highest BCUT2D eigenvalue weighted by Gasteiger charge is 2.40.